The molecule has 0 spiro atoms. The molecule has 6 rings (SSSR count). The van der Waals surface area contributed by atoms with Crippen LogP contribution in [0.1, 0.15) is 34.7 Å². The fraction of sp³-hybridized carbons (Fsp3) is 0.478. The molecule has 1 amide bonds. The molecular formula is C23H27N3O3. The second-order valence-electron chi connectivity index (χ2n) is 8.28. The molecule has 1 aromatic carbocycles. The molecule has 2 aromatic rings. The maximum atomic E-state index is 13.5. The molecule has 4 aliphatic heterocycles. The number of pyridine rings is 1. The van der Waals surface area contributed by atoms with E-state index in [0.717, 1.165) is 25.4 Å². The van der Waals surface area contributed by atoms with Crippen LogP contribution in [0.4, 0.5) is 0 Å². The number of carbonyl (C=O) groups excluding carboxylic acids is 1. The van der Waals surface area contributed by atoms with Crippen molar-refractivity contribution < 1.29 is 14.3 Å². The monoisotopic (exact) mass is 393 g/mol. The van der Waals surface area contributed by atoms with E-state index in [1.807, 2.05) is 12.1 Å². The van der Waals surface area contributed by atoms with E-state index in [1.54, 1.807) is 32.5 Å². The summed E-state index contributed by atoms with van der Waals surface area (Å²) in [4.78, 5) is 22.4. The van der Waals surface area contributed by atoms with Crippen molar-refractivity contribution in [3.63, 3.8) is 0 Å². The average Bonchev–Trinajstić information content (AvgIpc) is 3.22. The quantitative estimate of drug-likeness (QED) is 0.800. The molecule has 0 radical (unpaired) electrons. The topological polar surface area (TPSA) is 54.9 Å². The highest BCUT2D eigenvalue weighted by Crippen LogP contribution is 2.47. The summed E-state index contributed by atoms with van der Waals surface area (Å²) in [5.41, 5.74) is 1.94. The minimum Gasteiger partial charge on any atom is -0.497 e. The third-order valence-corrected chi connectivity index (χ3v) is 6.99. The summed E-state index contributed by atoms with van der Waals surface area (Å²) in [6, 6.07) is 12.6. The molecule has 0 unspecified atom stereocenters. The van der Waals surface area contributed by atoms with Crippen LogP contribution in [0.2, 0.25) is 0 Å². The molecule has 2 bridgehead atoms. The Morgan fingerprint density at radius 3 is 2.48 bits per heavy atom. The number of ether oxygens (including phenoxy) is 2. The van der Waals surface area contributed by atoms with Gasteiger partial charge in [0.1, 0.15) is 5.75 Å². The van der Waals surface area contributed by atoms with Gasteiger partial charge in [-0.25, -0.2) is 4.98 Å². The fourth-order valence-corrected chi connectivity index (χ4v) is 5.62. The van der Waals surface area contributed by atoms with Gasteiger partial charge in [0.2, 0.25) is 5.88 Å². The molecular weight excluding hydrogens is 366 g/mol. The van der Waals surface area contributed by atoms with Crippen molar-refractivity contribution in [2.24, 2.45) is 5.92 Å². The van der Waals surface area contributed by atoms with Crippen molar-refractivity contribution in [3.8, 4) is 11.6 Å². The number of amides is 1. The molecule has 4 fully saturated rings. The number of hydrogen-bond donors (Lipinski definition) is 0. The third-order valence-electron chi connectivity index (χ3n) is 6.99. The molecule has 3 atom stereocenters. The lowest BCUT2D eigenvalue weighted by molar-refractivity contribution is -0.00342. The van der Waals surface area contributed by atoms with Crippen LogP contribution in [0, 0.1) is 5.92 Å². The molecule has 6 heteroatoms. The molecule has 152 valence electrons. The Morgan fingerprint density at radius 1 is 1.03 bits per heavy atom. The van der Waals surface area contributed by atoms with Crippen molar-refractivity contribution in [2.75, 3.05) is 33.9 Å². The highest BCUT2D eigenvalue weighted by Gasteiger charge is 2.54. The fourth-order valence-electron chi connectivity index (χ4n) is 5.62. The summed E-state index contributed by atoms with van der Waals surface area (Å²) >= 11 is 0. The maximum absolute atomic E-state index is 13.5. The van der Waals surface area contributed by atoms with E-state index < -0.39 is 0 Å². The van der Waals surface area contributed by atoms with E-state index in [0.29, 0.717) is 29.3 Å². The van der Waals surface area contributed by atoms with Gasteiger partial charge in [0.25, 0.3) is 5.91 Å². The van der Waals surface area contributed by atoms with Crippen molar-refractivity contribution in [1.29, 1.82) is 0 Å². The second-order valence-corrected chi connectivity index (χ2v) is 8.28. The smallest absolute Gasteiger partial charge is 0.254 e. The van der Waals surface area contributed by atoms with E-state index in [4.69, 9.17) is 9.47 Å². The van der Waals surface area contributed by atoms with Gasteiger partial charge in [-0.15, -0.1) is 0 Å². The summed E-state index contributed by atoms with van der Waals surface area (Å²) < 4.78 is 10.6. The first-order valence-electron chi connectivity index (χ1n) is 10.4. The second kappa shape index (κ2) is 7.34. The summed E-state index contributed by atoms with van der Waals surface area (Å²) in [5, 5.41) is 0. The molecule has 6 nitrogen and oxygen atoms in total. The van der Waals surface area contributed by atoms with E-state index in [-0.39, 0.29) is 11.9 Å². The zero-order valence-corrected chi connectivity index (χ0v) is 17.0. The molecule has 5 heterocycles. The van der Waals surface area contributed by atoms with Gasteiger partial charge < -0.3 is 14.4 Å². The highest BCUT2D eigenvalue weighted by atomic mass is 16.5. The maximum Gasteiger partial charge on any atom is 0.254 e. The van der Waals surface area contributed by atoms with Crippen molar-refractivity contribution in [2.45, 2.75) is 30.8 Å². The predicted octanol–water partition coefficient (Wildman–Crippen LogP) is 2.80. The summed E-state index contributed by atoms with van der Waals surface area (Å²) in [6.07, 6.45) is 4.01. The van der Waals surface area contributed by atoms with Gasteiger partial charge in [0.15, 0.2) is 0 Å². The number of nitrogens with zero attached hydrogens (tertiary/aromatic N) is 3. The minimum absolute atomic E-state index is 0.0884. The number of carbonyl (C=O) groups is 1. The number of hydrogen-bond acceptors (Lipinski definition) is 5. The first-order valence-corrected chi connectivity index (χ1v) is 10.4. The Morgan fingerprint density at radius 2 is 1.79 bits per heavy atom. The van der Waals surface area contributed by atoms with Gasteiger partial charge in [-0.2, -0.15) is 0 Å². The van der Waals surface area contributed by atoms with Crippen molar-refractivity contribution >= 4 is 5.91 Å². The number of benzene rings is 1. The number of methoxy groups -OCH3 is 2. The Kier molecular flexibility index (Phi) is 4.66. The van der Waals surface area contributed by atoms with Crippen LogP contribution in [0.25, 0.3) is 0 Å². The van der Waals surface area contributed by atoms with Crippen LogP contribution in [0.3, 0.4) is 0 Å². The van der Waals surface area contributed by atoms with Gasteiger partial charge >= 0.3 is 0 Å². The molecule has 4 saturated heterocycles. The van der Waals surface area contributed by atoms with Crippen LogP contribution in [-0.4, -0.2) is 66.6 Å². The molecule has 29 heavy (non-hydrogen) atoms. The first kappa shape index (κ1) is 18.4. The number of rotatable bonds is 4. The van der Waals surface area contributed by atoms with Gasteiger partial charge in [-0.05, 0) is 55.6 Å². The van der Waals surface area contributed by atoms with Gasteiger partial charge in [-0.3, -0.25) is 9.69 Å². The van der Waals surface area contributed by atoms with Crippen LogP contribution in [0.5, 0.6) is 11.6 Å². The molecule has 4 aliphatic rings. The Labute approximate surface area is 171 Å². The average molecular weight is 393 g/mol. The SMILES string of the molecule is COc1ccc([C@H]2CN(C(=O)c3ccnc(OC)c3)[C@H]3C4CCN(CC4)[C@@H]23)cc1. The zero-order chi connectivity index (χ0) is 20.0. The zero-order valence-electron chi connectivity index (χ0n) is 17.0. The first-order chi connectivity index (χ1) is 14.2. The van der Waals surface area contributed by atoms with Gasteiger partial charge in [-0.1, -0.05) is 12.1 Å². The predicted molar refractivity (Wildman–Crippen MR) is 109 cm³/mol. The molecule has 0 aliphatic carbocycles. The summed E-state index contributed by atoms with van der Waals surface area (Å²) in [7, 11) is 3.27. The molecule has 0 saturated carbocycles. The van der Waals surface area contributed by atoms with Crippen LogP contribution < -0.4 is 9.47 Å². The van der Waals surface area contributed by atoms with E-state index in [2.05, 4.69) is 26.9 Å². The minimum atomic E-state index is 0.0884. The lowest BCUT2D eigenvalue weighted by Crippen LogP contribution is -2.60. The summed E-state index contributed by atoms with van der Waals surface area (Å²) in [5.74, 6) is 2.34. The number of piperidine rings is 3. The number of likely N-dealkylation sites (tertiary alicyclic amines) is 1. The lowest BCUT2D eigenvalue weighted by Gasteiger charge is -2.51. The summed E-state index contributed by atoms with van der Waals surface area (Å²) in [6.45, 7) is 3.03. The Hall–Kier alpha value is -2.60. The Balaban J connectivity index is 1.49. The molecule has 0 N–H and O–H groups in total. The Bertz CT molecular complexity index is 892. The van der Waals surface area contributed by atoms with Crippen LogP contribution >= 0.6 is 0 Å². The van der Waals surface area contributed by atoms with Crippen molar-refractivity contribution in [3.05, 3.63) is 53.7 Å². The largest absolute Gasteiger partial charge is 0.497 e. The van der Waals surface area contributed by atoms with Crippen molar-refractivity contribution in [1.82, 2.24) is 14.8 Å². The molecule has 1 aromatic heterocycles. The van der Waals surface area contributed by atoms with E-state index in [9.17, 15) is 4.79 Å². The highest BCUT2D eigenvalue weighted by molar-refractivity contribution is 5.95. The van der Waals surface area contributed by atoms with E-state index in [1.165, 1.54) is 18.4 Å². The van der Waals surface area contributed by atoms with Crippen LogP contribution in [-0.2, 0) is 0 Å². The van der Waals surface area contributed by atoms with Crippen LogP contribution in [0.15, 0.2) is 42.6 Å². The standard InChI is InChI=1S/C23H27N3O3/c1-28-18-5-3-15(4-6-18)19-14-26(21-16-8-11-25(12-9-16)22(19)21)23(27)17-7-10-24-20(13-17)29-2/h3-7,10,13,16,19,21-22H,8-9,11-12,14H2,1-2H3/t19-,21+,22+/m1/s1. The van der Waals surface area contributed by atoms with Gasteiger partial charge in [0.05, 0.1) is 20.3 Å². The lowest BCUT2D eigenvalue weighted by atomic mass is 9.75. The van der Waals surface area contributed by atoms with Gasteiger partial charge in [0, 0.05) is 36.3 Å². The van der Waals surface area contributed by atoms with E-state index >= 15 is 0 Å². The third kappa shape index (κ3) is 3.06. The number of aromatic nitrogens is 1. The normalized spacial score (nSPS) is 30.1. The number of fused-ring (bicyclic) bond motifs is 2.